The van der Waals surface area contributed by atoms with Crippen LogP contribution in [0.25, 0.3) is 10.2 Å². The zero-order chi connectivity index (χ0) is 20.4. The van der Waals surface area contributed by atoms with Crippen molar-refractivity contribution in [3.8, 4) is 0 Å². The number of nitrogens with one attached hydrogen (secondary N) is 2. The molecule has 10 heteroatoms. The van der Waals surface area contributed by atoms with Crippen molar-refractivity contribution >= 4 is 60.9 Å². The first kappa shape index (κ1) is 19.6. The van der Waals surface area contributed by atoms with E-state index < -0.39 is 6.09 Å². The monoisotopic (exact) mass is 475 g/mol. The maximum Gasteiger partial charge on any atom is 0.404 e. The zero-order valence-electron chi connectivity index (χ0n) is 15.3. The molecule has 3 N–H and O–H groups in total. The van der Waals surface area contributed by atoms with Crippen molar-refractivity contribution in [3.05, 3.63) is 46.1 Å². The summed E-state index contributed by atoms with van der Waals surface area (Å²) in [5.41, 5.74) is 2.45. The SMILES string of the molecule is O=C(O)N[C@H]1CCCN(c2ccncc2NC(=O)c2ccc3scc(Br)c3n2)C1. The predicted molar refractivity (Wildman–Crippen MR) is 116 cm³/mol. The first-order valence-corrected chi connectivity index (χ1v) is 10.7. The Morgan fingerprint density at radius 3 is 3.00 bits per heavy atom. The summed E-state index contributed by atoms with van der Waals surface area (Å²) in [6, 6.07) is 5.25. The van der Waals surface area contributed by atoms with Crippen molar-refractivity contribution < 1.29 is 14.7 Å². The minimum absolute atomic E-state index is 0.155. The number of piperidine rings is 1. The van der Waals surface area contributed by atoms with E-state index in [1.165, 1.54) is 0 Å². The normalized spacial score (nSPS) is 16.6. The van der Waals surface area contributed by atoms with Crippen LogP contribution in [0.4, 0.5) is 16.2 Å². The Balaban J connectivity index is 1.55. The van der Waals surface area contributed by atoms with Gasteiger partial charge in [-0.25, -0.2) is 9.78 Å². The number of carbonyl (C=O) groups excluding carboxylic acids is 1. The number of fused-ring (bicyclic) bond motifs is 1. The van der Waals surface area contributed by atoms with Crippen molar-refractivity contribution in [1.82, 2.24) is 15.3 Å². The minimum atomic E-state index is -1.03. The molecule has 3 aromatic heterocycles. The van der Waals surface area contributed by atoms with E-state index in [0.717, 1.165) is 39.8 Å². The molecule has 0 bridgehead atoms. The van der Waals surface area contributed by atoms with Crippen molar-refractivity contribution in [2.75, 3.05) is 23.3 Å². The number of carboxylic acid groups (broad SMARTS) is 1. The molecule has 8 nitrogen and oxygen atoms in total. The van der Waals surface area contributed by atoms with Gasteiger partial charge in [-0.05, 0) is 47.0 Å². The minimum Gasteiger partial charge on any atom is -0.465 e. The quantitative estimate of drug-likeness (QED) is 0.527. The van der Waals surface area contributed by atoms with Gasteiger partial charge in [0, 0.05) is 30.7 Å². The number of pyridine rings is 2. The number of thiophene rings is 1. The molecule has 3 aromatic rings. The average Bonchev–Trinajstić information content (AvgIpc) is 3.08. The highest BCUT2D eigenvalue weighted by atomic mass is 79.9. The van der Waals surface area contributed by atoms with Crippen LogP contribution >= 0.6 is 27.3 Å². The van der Waals surface area contributed by atoms with Crippen LogP contribution in [0.3, 0.4) is 0 Å². The largest absolute Gasteiger partial charge is 0.465 e. The first-order valence-electron chi connectivity index (χ1n) is 9.05. The van der Waals surface area contributed by atoms with Crippen LogP contribution in [0.2, 0.25) is 0 Å². The second-order valence-corrected chi connectivity index (χ2v) is 8.47. The van der Waals surface area contributed by atoms with Gasteiger partial charge in [0.1, 0.15) is 5.69 Å². The lowest BCUT2D eigenvalue weighted by Gasteiger charge is -2.35. The molecule has 4 heterocycles. The van der Waals surface area contributed by atoms with E-state index >= 15 is 0 Å². The van der Waals surface area contributed by atoms with Crippen LogP contribution in [-0.2, 0) is 0 Å². The number of carbonyl (C=O) groups is 2. The highest BCUT2D eigenvalue weighted by Crippen LogP contribution is 2.30. The molecule has 1 saturated heterocycles. The molecule has 0 spiro atoms. The molecule has 0 radical (unpaired) electrons. The van der Waals surface area contributed by atoms with E-state index in [4.69, 9.17) is 5.11 Å². The number of aromatic nitrogens is 2. The molecule has 29 heavy (non-hydrogen) atoms. The summed E-state index contributed by atoms with van der Waals surface area (Å²) in [5, 5.41) is 16.4. The number of halogens is 1. The Labute approximate surface area is 179 Å². The first-order chi connectivity index (χ1) is 14.0. The van der Waals surface area contributed by atoms with Gasteiger partial charge in [0.05, 0.1) is 32.3 Å². The Hall–Kier alpha value is -2.72. The van der Waals surface area contributed by atoms with Crippen LogP contribution in [0, 0.1) is 0 Å². The number of amides is 2. The maximum absolute atomic E-state index is 12.8. The van der Waals surface area contributed by atoms with Crippen LogP contribution in [0.5, 0.6) is 0 Å². The van der Waals surface area contributed by atoms with Gasteiger partial charge in [-0.2, -0.15) is 0 Å². The maximum atomic E-state index is 12.8. The molecule has 4 rings (SSSR count). The average molecular weight is 476 g/mol. The fourth-order valence-corrected chi connectivity index (χ4v) is 4.91. The summed E-state index contributed by atoms with van der Waals surface area (Å²) in [6.45, 7) is 1.31. The van der Waals surface area contributed by atoms with Gasteiger partial charge in [0.25, 0.3) is 5.91 Å². The number of hydrogen-bond donors (Lipinski definition) is 3. The molecule has 2 amide bonds. The summed E-state index contributed by atoms with van der Waals surface area (Å²) >= 11 is 5.01. The number of anilines is 2. The standard InChI is InChI=1S/C19H18BrN5O3S/c20-12-10-29-16-4-3-13(23-17(12)16)18(26)24-14-8-21-6-5-15(14)25-7-1-2-11(9-25)22-19(27)28/h3-6,8,10-11,22H,1-2,7,9H2,(H,24,26)(H,27,28)/t11-/m0/s1. The second kappa shape index (κ2) is 8.34. The van der Waals surface area contributed by atoms with Crippen LogP contribution in [0.1, 0.15) is 23.3 Å². The third kappa shape index (κ3) is 4.33. The van der Waals surface area contributed by atoms with Gasteiger partial charge in [-0.3, -0.25) is 9.78 Å². The Bertz CT molecular complexity index is 1070. The molecular weight excluding hydrogens is 458 g/mol. The van der Waals surface area contributed by atoms with Gasteiger partial charge in [0.2, 0.25) is 0 Å². The van der Waals surface area contributed by atoms with Crippen molar-refractivity contribution in [2.45, 2.75) is 18.9 Å². The molecule has 150 valence electrons. The fourth-order valence-electron chi connectivity index (χ4n) is 3.44. The van der Waals surface area contributed by atoms with Crippen LogP contribution in [-0.4, -0.2) is 46.2 Å². The zero-order valence-corrected chi connectivity index (χ0v) is 17.7. The topological polar surface area (TPSA) is 107 Å². The number of nitrogens with zero attached hydrogens (tertiary/aromatic N) is 3. The third-order valence-corrected chi connectivity index (χ3v) is 6.59. The van der Waals surface area contributed by atoms with Gasteiger partial charge in [-0.1, -0.05) is 0 Å². The molecule has 1 atom stereocenters. The van der Waals surface area contributed by atoms with Crippen LogP contribution < -0.4 is 15.5 Å². The molecule has 1 aliphatic rings. The lowest BCUT2D eigenvalue weighted by Crippen LogP contribution is -2.47. The number of rotatable bonds is 4. The highest BCUT2D eigenvalue weighted by molar-refractivity contribution is 9.10. The van der Waals surface area contributed by atoms with Crippen LogP contribution in [0.15, 0.2) is 40.4 Å². The summed E-state index contributed by atoms with van der Waals surface area (Å²) in [7, 11) is 0. The Morgan fingerprint density at radius 2 is 2.17 bits per heavy atom. The molecule has 1 fully saturated rings. The van der Waals surface area contributed by atoms with E-state index in [1.807, 2.05) is 17.5 Å². The molecule has 0 aliphatic carbocycles. The lowest BCUT2D eigenvalue weighted by molar-refractivity contribution is 0.102. The predicted octanol–water partition coefficient (Wildman–Crippen LogP) is 3.94. The Morgan fingerprint density at radius 1 is 1.31 bits per heavy atom. The molecule has 0 unspecified atom stereocenters. The summed E-state index contributed by atoms with van der Waals surface area (Å²) in [5.74, 6) is -0.323. The van der Waals surface area contributed by atoms with Gasteiger partial charge >= 0.3 is 6.09 Å². The molecular formula is C19H18BrN5O3S. The molecule has 0 aromatic carbocycles. The highest BCUT2D eigenvalue weighted by Gasteiger charge is 2.24. The van der Waals surface area contributed by atoms with E-state index in [0.29, 0.717) is 17.9 Å². The third-order valence-electron chi connectivity index (χ3n) is 4.74. The lowest BCUT2D eigenvalue weighted by atomic mass is 10.0. The summed E-state index contributed by atoms with van der Waals surface area (Å²) in [4.78, 5) is 34.4. The van der Waals surface area contributed by atoms with Crippen molar-refractivity contribution in [3.63, 3.8) is 0 Å². The Kier molecular flexibility index (Phi) is 5.63. The van der Waals surface area contributed by atoms with Gasteiger partial charge in [0.15, 0.2) is 0 Å². The number of hydrogen-bond acceptors (Lipinski definition) is 6. The summed E-state index contributed by atoms with van der Waals surface area (Å²) in [6.07, 6.45) is 3.87. The molecule has 0 saturated carbocycles. The van der Waals surface area contributed by atoms with E-state index in [-0.39, 0.29) is 11.9 Å². The molecule has 1 aliphatic heterocycles. The smallest absolute Gasteiger partial charge is 0.404 e. The van der Waals surface area contributed by atoms with E-state index in [9.17, 15) is 9.59 Å². The van der Waals surface area contributed by atoms with Crippen molar-refractivity contribution in [2.24, 2.45) is 0 Å². The van der Waals surface area contributed by atoms with E-state index in [2.05, 4.69) is 41.4 Å². The second-order valence-electron chi connectivity index (χ2n) is 6.71. The van der Waals surface area contributed by atoms with E-state index in [1.54, 1.807) is 29.8 Å². The van der Waals surface area contributed by atoms with Crippen molar-refractivity contribution in [1.29, 1.82) is 0 Å². The fraction of sp³-hybridized carbons (Fsp3) is 0.263. The summed E-state index contributed by atoms with van der Waals surface area (Å²) < 4.78 is 1.86. The van der Waals surface area contributed by atoms with Gasteiger partial charge in [-0.15, -0.1) is 11.3 Å². The van der Waals surface area contributed by atoms with Gasteiger partial charge < -0.3 is 20.6 Å².